The van der Waals surface area contributed by atoms with Crippen molar-refractivity contribution < 1.29 is 19.1 Å². The third-order valence-corrected chi connectivity index (χ3v) is 7.69. The van der Waals surface area contributed by atoms with Crippen LogP contribution in [0.3, 0.4) is 0 Å². The highest BCUT2D eigenvalue weighted by Crippen LogP contribution is 2.36. The third kappa shape index (κ3) is 5.42. The van der Waals surface area contributed by atoms with E-state index in [-0.39, 0.29) is 11.2 Å². The molecule has 1 saturated heterocycles. The van der Waals surface area contributed by atoms with Crippen molar-refractivity contribution in [3.05, 3.63) is 60.9 Å². The normalized spacial score (nSPS) is 17.3. The number of pyridine rings is 2. The second-order valence-corrected chi connectivity index (χ2v) is 11.5. The molecular weight excluding hydrogens is 450 g/mol. The highest BCUT2D eigenvalue weighted by molar-refractivity contribution is 6.62. The molecule has 1 N–H and O–H groups in total. The minimum atomic E-state index is -0.937. The van der Waals surface area contributed by atoms with E-state index in [4.69, 9.17) is 14.0 Å². The maximum atomic E-state index is 10.3. The van der Waals surface area contributed by atoms with Crippen LogP contribution in [0.4, 0.5) is 0 Å². The van der Waals surface area contributed by atoms with Gasteiger partial charge in [-0.1, -0.05) is 35.8 Å². The van der Waals surface area contributed by atoms with Crippen molar-refractivity contribution in [2.45, 2.75) is 77.8 Å². The molecule has 0 bridgehead atoms. The molecule has 0 aliphatic carbocycles. The smallest absolute Gasteiger partial charge is 0.427 e. The lowest BCUT2D eigenvalue weighted by atomic mass is 9.80. The summed E-state index contributed by atoms with van der Waals surface area (Å²) in [7, 11) is -0.00913. The van der Waals surface area contributed by atoms with E-state index in [1.165, 1.54) is 0 Å². The molecule has 0 unspecified atom stereocenters. The first kappa shape index (κ1) is 26.6. The highest BCUT2D eigenvalue weighted by atomic mass is 16.7. The van der Waals surface area contributed by atoms with Gasteiger partial charge in [0.05, 0.1) is 33.8 Å². The number of aliphatic hydroxyl groups is 1. The lowest BCUT2D eigenvalue weighted by molar-refractivity contribution is -0.0893. The second-order valence-electron chi connectivity index (χ2n) is 11.5. The average molecular weight is 486 g/mol. The van der Waals surface area contributed by atoms with Gasteiger partial charge < -0.3 is 19.1 Å². The zero-order valence-electron chi connectivity index (χ0n) is 22.6. The SMILES string of the molecule is CC(C)(O)C(C)(C)OBc1ccc(-c2cc(-c3ccc(B4OC(C)(C)C(C)(C)O4)cn3)ccn2)cc1. The Kier molecular flexibility index (Phi) is 6.95. The number of rotatable bonds is 7. The maximum absolute atomic E-state index is 10.3. The molecule has 4 rings (SSSR count). The summed E-state index contributed by atoms with van der Waals surface area (Å²) in [5.74, 6) is 0. The Morgan fingerprint density at radius 1 is 0.833 bits per heavy atom. The molecule has 188 valence electrons. The van der Waals surface area contributed by atoms with E-state index in [0.717, 1.165) is 33.4 Å². The first-order valence-electron chi connectivity index (χ1n) is 12.4. The molecule has 1 aromatic carbocycles. The quantitative estimate of drug-likeness (QED) is 0.515. The number of aromatic nitrogens is 2. The van der Waals surface area contributed by atoms with Gasteiger partial charge in [0.2, 0.25) is 0 Å². The van der Waals surface area contributed by atoms with Crippen LogP contribution in [0.2, 0.25) is 0 Å². The Hall–Kier alpha value is -2.51. The van der Waals surface area contributed by atoms with Gasteiger partial charge in [-0.3, -0.25) is 9.97 Å². The molecule has 3 heterocycles. The van der Waals surface area contributed by atoms with Crippen molar-refractivity contribution in [3.8, 4) is 22.5 Å². The number of hydrogen-bond acceptors (Lipinski definition) is 6. The summed E-state index contributed by atoms with van der Waals surface area (Å²) >= 11 is 0. The summed E-state index contributed by atoms with van der Waals surface area (Å²) in [5.41, 5.74) is 3.29. The fourth-order valence-electron chi connectivity index (χ4n) is 3.65. The average Bonchev–Trinajstić information content (AvgIpc) is 3.04. The van der Waals surface area contributed by atoms with Gasteiger partial charge in [0.1, 0.15) is 0 Å². The molecule has 1 aliphatic rings. The predicted molar refractivity (Wildman–Crippen MR) is 147 cm³/mol. The van der Waals surface area contributed by atoms with Crippen molar-refractivity contribution in [1.29, 1.82) is 0 Å². The van der Waals surface area contributed by atoms with E-state index in [1.807, 2.05) is 96.3 Å². The largest absolute Gasteiger partial charge is 0.496 e. The summed E-state index contributed by atoms with van der Waals surface area (Å²) in [5, 5.41) is 10.3. The van der Waals surface area contributed by atoms with E-state index in [1.54, 1.807) is 20.0 Å². The molecule has 0 saturated carbocycles. The summed E-state index contributed by atoms with van der Waals surface area (Å²) in [4.78, 5) is 9.24. The predicted octanol–water partition coefficient (Wildman–Crippen LogP) is 3.65. The molecule has 2 aromatic heterocycles. The highest BCUT2D eigenvalue weighted by Gasteiger charge is 2.51. The first-order valence-corrected chi connectivity index (χ1v) is 12.4. The molecule has 0 spiro atoms. The molecule has 8 heteroatoms. The molecule has 6 nitrogen and oxygen atoms in total. The van der Waals surface area contributed by atoms with Crippen LogP contribution in [0.5, 0.6) is 0 Å². The Morgan fingerprint density at radius 3 is 2.03 bits per heavy atom. The maximum Gasteiger partial charge on any atom is 0.496 e. The van der Waals surface area contributed by atoms with Crippen LogP contribution >= 0.6 is 0 Å². The Labute approximate surface area is 215 Å². The monoisotopic (exact) mass is 486 g/mol. The van der Waals surface area contributed by atoms with Crippen LogP contribution in [0.15, 0.2) is 60.9 Å². The van der Waals surface area contributed by atoms with Gasteiger partial charge in [-0.25, -0.2) is 0 Å². The molecule has 0 radical (unpaired) electrons. The van der Waals surface area contributed by atoms with E-state index >= 15 is 0 Å². The lowest BCUT2D eigenvalue weighted by Crippen LogP contribution is -2.49. The van der Waals surface area contributed by atoms with E-state index < -0.39 is 18.3 Å². The molecule has 0 atom stereocenters. The number of benzene rings is 1. The first-order chi connectivity index (χ1) is 16.7. The van der Waals surface area contributed by atoms with Gasteiger partial charge in [-0.2, -0.15) is 0 Å². The van der Waals surface area contributed by atoms with Gasteiger partial charge in [0.15, 0.2) is 0 Å². The summed E-state index contributed by atoms with van der Waals surface area (Å²) in [6.45, 7) is 15.5. The molecule has 36 heavy (non-hydrogen) atoms. The van der Waals surface area contributed by atoms with Crippen molar-refractivity contribution >= 4 is 25.5 Å². The molecule has 1 fully saturated rings. The second kappa shape index (κ2) is 9.42. The van der Waals surface area contributed by atoms with Gasteiger partial charge >= 0.3 is 14.6 Å². The van der Waals surface area contributed by atoms with E-state index in [9.17, 15) is 5.11 Å². The Bertz CT molecular complexity index is 1190. The molecule has 3 aromatic rings. The molecule has 1 aliphatic heterocycles. The van der Waals surface area contributed by atoms with Crippen molar-refractivity contribution in [2.75, 3.05) is 0 Å². The van der Waals surface area contributed by atoms with Crippen LogP contribution in [0.25, 0.3) is 22.5 Å². The van der Waals surface area contributed by atoms with Crippen LogP contribution in [-0.2, 0) is 14.0 Å². The van der Waals surface area contributed by atoms with E-state index in [2.05, 4.69) is 9.97 Å². The summed E-state index contributed by atoms with van der Waals surface area (Å²) < 4.78 is 18.3. The lowest BCUT2D eigenvalue weighted by Gasteiger charge is -2.37. The van der Waals surface area contributed by atoms with Crippen LogP contribution in [0, 0.1) is 0 Å². The fraction of sp³-hybridized carbons (Fsp3) is 0.429. The van der Waals surface area contributed by atoms with Gasteiger partial charge in [-0.05, 0) is 73.6 Å². The molecular formula is C28H36B2N2O4. The van der Waals surface area contributed by atoms with Crippen molar-refractivity contribution in [1.82, 2.24) is 9.97 Å². The number of hydrogen-bond donors (Lipinski definition) is 1. The van der Waals surface area contributed by atoms with E-state index in [0.29, 0.717) is 7.48 Å². The van der Waals surface area contributed by atoms with Gasteiger partial charge in [0, 0.05) is 29.0 Å². The van der Waals surface area contributed by atoms with Crippen LogP contribution < -0.4 is 10.9 Å². The fourth-order valence-corrected chi connectivity index (χ4v) is 3.65. The minimum absolute atomic E-state index is 0.385. The zero-order chi connectivity index (χ0) is 26.4. The van der Waals surface area contributed by atoms with Crippen LogP contribution in [0.1, 0.15) is 55.4 Å². The van der Waals surface area contributed by atoms with Crippen molar-refractivity contribution in [3.63, 3.8) is 0 Å². The third-order valence-electron chi connectivity index (χ3n) is 7.69. The topological polar surface area (TPSA) is 73.7 Å². The van der Waals surface area contributed by atoms with Crippen LogP contribution in [-0.4, -0.2) is 52.1 Å². The Morgan fingerprint density at radius 2 is 1.47 bits per heavy atom. The summed E-state index contributed by atoms with van der Waals surface area (Å²) in [6, 6.07) is 16.1. The van der Waals surface area contributed by atoms with Gasteiger partial charge in [0.25, 0.3) is 0 Å². The Balaban J connectivity index is 1.46. The molecule has 0 amide bonds. The minimum Gasteiger partial charge on any atom is -0.427 e. The summed E-state index contributed by atoms with van der Waals surface area (Å²) in [6.07, 6.45) is 3.62. The van der Waals surface area contributed by atoms with Crippen molar-refractivity contribution in [2.24, 2.45) is 0 Å². The van der Waals surface area contributed by atoms with Gasteiger partial charge in [-0.15, -0.1) is 0 Å². The zero-order valence-corrected chi connectivity index (χ0v) is 22.6. The standard InChI is InChI=1S/C28H36B2N2O4/c1-25(2,33)26(3,4)34-29-21-11-9-19(10-12-21)24-17-20(15-16-31-24)23-14-13-22(18-32-23)30-35-27(5,6)28(7,8)36-30/h9-18,29,33H,1-8H3. The number of nitrogens with zero attached hydrogens (tertiary/aromatic N) is 2.